The molecule has 1 aliphatic carbocycles. The van der Waals surface area contributed by atoms with Crippen molar-refractivity contribution in [3.8, 4) is 0 Å². The van der Waals surface area contributed by atoms with Crippen LogP contribution in [0.15, 0.2) is 53.4 Å². The third kappa shape index (κ3) is 4.29. The number of fused-ring (bicyclic) bond motifs is 1. The third-order valence-electron chi connectivity index (χ3n) is 6.01. The van der Waals surface area contributed by atoms with Gasteiger partial charge < -0.3 is 4.90 Å². The molecule has 1 N–H and O–H groups in total. The topological polar surface area (TPSA) is 66.5 Å². The minimum absolute atomic E-state index is 0.0179. The molecule has 4 rings (SSSR count). The Labute approximate surface area is 171 Å². The van der Waals surface area contributed by atoms with Crippen LogP contribution >= 0.6 is 0 Å². The molecule has 1 saturated heterocycles. The van der Waals surface area contributed by atoms with E-state index in [4.69, 9.17) is 0 Å². The molecule has 0 aromatic heterocycles. The molecule has 7 heteroatoms. The summed E-state index contributed by atoms with van der Waals surface area (Å²) in [5, 5.41) is 0. The minimum Gasteiger partial charge on any atom is -0.335 e. The van der Waals surface area contributed by atoms with Crippen LogP contribution in [-0.2, 0) is 10.0 Å². The van der Waals surface area contributed by atoms with E-state index >= 15 is 0 Å². The Kier molecular flexibility index (Phi) is 5.58. The maximum absolute atomic E-state index is 13.1. The number of hydrogen-bond donors (Lipinski definition) is 1. The van der Waals surface area contributed by atoms with Crippen molar-refractivity contribution in [2.24, 2.45) is 5.92 Å². The van der Waals surface area contributed by atoms with Gasteiger partial charge in [0.05, 0.1) is 4.90 Å². The highest BCUT2D eigenvalue weighted by atomic mass is 32.2. The van der Waals surface area contributed by atoms with Gasteiger partial charge in [-0.25, -0.2) is 12.8 Å². The average Bonchev–Trinajstić information content (AvgIpc) is 2.73. The first-order valence-corrected chi connectivity index (χ1v) is 11.6. The number of hydrogen-bond acceptors (Lipinski definition) is 3. The Hall–Kier alpha value is -2.41. The van der Waals surface area contributed by atoms with Crippen LogP contribution in [0.2, 0.25) is 0 Å². The Morgan fingerprint density at radius 1 is 0.931 bits per heavy atom. The van der Waals surface area contributed by atoms with E-state index in [2.05, 4.69) is 4.72 Å². The zero-order valence-corrected chi connectivity index (χ0v) is 17.0. The number of nitrogens with zero attached hydrogens (tertiary/aromatic N) is 1. The van der Waals surface area contributed by atoms with E-state index in [1.54, 1.807) is 24.3 Å². The van der Waals surface area contributed by atoms with Crippen molar-refractivity contribution in [2.75, 3.05) is 11.3 Å². The number of sulfonamides is 1. The fraction of sp³-hybridized carbons (Fsp3) is 0.409. The highest BCUT2D eigenvalue weighted by Gasteiger charge is 2.35. The van der Waals surface area contributed by atoms with E-state index in [0.29, 0.717) is 23.2 Å². The molecule has 2 aliphatic rings. The van der Waals surface area contributed by atoms with Gasteiger partial charge in [0.2, 0.25) is 0 Å². The highest BCUT2D eigenvalue weighted by Crippen LogP contribution is 2.36. The molecular formula is C22H25FN2O3S. The molecule has 2 unspecified atom stereocenters. The fourth-order valence-electron chi connectivity index (χ4n) is 4.55. The molecule has 0 spiro atoms. The lowest BCUT2D eigenvalue weighted by Gasteiger charge is -2.44. The summed E-state index contributed by atoms with van der Waals surface area (Å²) < 4.78 is 40.4. The van der Waals surface area contributed by atoms with Gasteiger partial charge in [0, 0.05) is 23.8 Å². The summed E-state index contributed by atoms with van der Waals surface area (Å²) in [6.45, 7) is 0.791. The minimum atomic E-state index is -3.81. The number of halogens is 1. The largest absolute Gasteiger partial charge is 0.335 e. The Balaban J connectivity index is 1.47. The molecule has 1 saturated carbocycles. The molecule has 2 aromatic carbocycles. The number of likely N-dealkylation sites (tertiary alicyclic amines) is 1. The summed E-state index contributed by atoms with van der Waals surface area (Å²) in [4.78, 5) is 15.1. The maximum Gasteiger partial charge on any atom is 0.261 e. The molecular weight excluding hydrogens is 391 g/mol. The summed E-state index contributed by atoms with van der Waals surface area (Å²) in [7, 11) is -3.81. The van der Waals surface area contributed by atoms with Crippen molar-refractivity contribution in [3.05, 3.63) is 59.9 Å². The van der Waals surface area contributed by atoms with Crippen molar-refractivity contribution in [1.82, 2.24) is 4.90 Å². The highest BCUT2D eigenvalue weighted by molar-refractivity contribution is 7.92. The second kappa shape index (κ2) is 8.14. The van der Waals surface area contributed by atoms with Gasteiger partial charge in [-0.3, -0.25) is 9.52 Å². The van der Waals surface area contributed by atoms with Crippen LogP contribution in [0, 0.1) is 11.7 Å². The van der Waals surface area contributed by atoms with Crippen LogP contribution in [0.1, 0.15) is 48.9 Å². The SMILES string of the molecule is O=C(c1ccc(NS(=O)(=O)c2ccc(F)cc2)cc1)N1CCCC2CCCCC21. The number of anilines is 1. The van der Waals surface area contributed by atoms with Gasteiger partial charge >= 0.3 is 0 Å². The normalized spacial score (nSPS) is 22.0. The smallest absolute Gasteiger partial charge is 0.261 e. The van der Waals surface area contributed by atoms with Gasteiger partial charge in [-0.1, -0.05) is 12.8 Å². The zero-order valence-electron chi connectivity index (χ0n) is 16.2. The number of piperidine rings is 1. The molecule has 1 aliphatic heterocycles. The third-order valence-corrected chi connectivity index (χ3v) is 7.41. The van der Waals surface area contributed by atoms with Crippen LogP contribution in [-0.4, -0.2) is 31.8 Å². The lowest BCUT2D eigenvalue weighted by atomic mass is 9.78. The van der Waals surface area contributed by atoms with E-state index in [1.807, 2.05) is 4.90 Å². The molecule has 1 amide bonds. The number of carbonyl (C=O) groups is 1. The average molecular weight is 417 g/mol. The van der Waals surface area contributed by atoms with Crippen LogP contribution in [0.3, 0.4) is 0 Å². The van der Waals surface area contributed by atoms with E-state index < -0.39 is 15.8 Å². The zero-order chi connectivity index (χ0) is 20.4. The summed E-state index contributed by atoms with van der Waals surface area (Å²) in [6, 6.07) is 11.5. The Morgan fingerprint density at radius 3 is 2.31 bits per heavy atom. The van der Waals surface area contributed by atoms with Crippen molar-refractivity contribution in [2.45, 2.75) is 49.5 Å². The predicted octanol–water partition coefficient (Wildman–Crippen LogP) is 4.42. The molecule has 2 fully saturated rings. The number of carbonyl (C=O) groups excluding carboxylic acids is 1. The van der Waals surface area contributed by atoms with Gasteiger partial charge in [-0.2, -0.15) is 0 Å². The summed E-state index contributed by atoms with van der Waals surface area (Å²) in [5.41, 5.74) is 0.931. The maximum atomic E-state index is 13.1. The molecule has 5 nitrogen and oxygen atoms in total. The molecule has 0 radical (unpaired) electrons. The molecule has 0 bridgehead atoms. The van der Waals surface area contributed by atoms with E-state index in [1.165, 1.54) is 37.8 Å². The van der Waals surface area contributed by atoms with Crippen molar-refractivity contribution >= 4 is 21.6 Å². The quantitative estimate of drug-likeness (QED) is 0.802. The van der Waals surface area contributed by atoms with E-state index in [0.717, 1.165) is 31.5 Å². The Bertz CT molecular complexity index is 972. The summed E-state index contributed by atoms with van der Waals surface area (Å²) >= 11 is 0. The van der Waals surface area contributed by atoms with Crippen molar-refractivity contribution in [3.63, 3.8) is 0 Å². The summed E-state index contributed by atoms with van der Waals surface area (Å²) in [6.07, 6.45) is 6.96. The van der Waals surface area contributed by atoms with Gasteiger partial charge in [0.15, 0.2) is 0 Å². The van der Waals surface area contributed by atoms with Crippen LogP contribution < -0.4 is 4.72 Å². The first-order chi connectivity index (χ1) is 13.9. The number of benzene rings is 2. The lowest BCUT2D eigenvalue weighted by Crippen LogP contribution is -2.49. The first-order valence-electron chi connectivity index (χ1n) is 10.1. The van der Waals surface area contributed by atoms with E-state index in [9.17, 15) is 17.6 Å². The number of amides is 1. The van der Waals surface area contributed by atoms with Crippen molar-refractivity contribution < 1.29 is 17.6 Å². The number of nitrogens with one attached hydrogen (secondary N) is 1. The lowest BCUT2D eigenvalue weighted by molar-refractivity contribution is 0.0390. The van der Waals surface area contributed by atoms with Crippen LogP contribution in [0.4, 0.5) is 10.1 Å². The second-order valence-electron chi connectivity index (χ2n) is 7.89. The number of rotatable bonds is 4. The van der Waals surface area contributed by atoms with Crippen molar-refractivity contribution in [1.29, 1.82) is 0 Å². The molecule has 1 heterocycles. The molecule has 29 heavy (non-hydrogen) atoms. The second-order valence-corrected chi connectivity index (χ2v) is 9.57. The molecule has 2 atom stereocenters. The van der Waals surface area contributed by atoms with Gasteiger partial charge in [0.1, 0.15) is 5.82 Å². The molecule has 154 valence electrons. The monoisotopic (exact) mass is 416 g/mol. The van der Waals surface area contributed by atoms with Gasteiger partial charge in [-0.05, 0) is 80.1 Å². The van der Waals surface area contributed by atoms with Gasteiger partial charge in [0.25, 0.3) is 15.9 Å². The van der Waals surface area contributed by atoms with Gasteiger partial charge in [-0.15, -0.1) is 0 Å². The van der Waals surface area contributed by atoms with E-state index in [-0.39, 0.29) is 10.8 Å². The first kappa shape index (κ1) is 19.9. The van der Waals surface area contributed by atoms with Crippen LogP contribution in [0.5, 0.6) is 0 Å². The van der Waals surface area contributed by atoms with Crippen LogP contribution in [0.25, 0.3) is 0 Å². The Morgan fingerprint density at radius 2 is 1.59 bits per heavy atom. The standard InChI is InChI=1S/C22H25FN2O3S/c23-18-9-13-20(14-10-18)29(27,28)24-19-11-7-17(8-12-19)22(26)25-15-3-5-16-4-1-2-6-21(16)25/h7-14,16,21,24H,1-6,15H2. The summed E-state index contributed by atoms with van der Waals surface area (Å²) in [5.74, 6) is 0.141. The fourth-order valence-corrected chi connectivity index (χ4v) is 5.61. The molecule has 2 aromatic rings. The predicted molar refractivity (Wildman–Crippen MR) is 110 cm³/mol.